The third kappa shape index (κ3) is 3.21. The molecular formula is C12H8F5N3O4. The number of carbonyl (C=O) groups is 1. The molecule has 0 fully saturated rings. The molecule has 7 nitrogen and oxygen atoms in total. The lowest BCUT2D eigenvalue weighted by Crippen LogP contribution is -2.34. The summed E-state index contributed by atoms with van der Waals surface area (Å²) in [4.78, 5) is 14.6. The molecule has 24 heavy (non-hydrogen) atoms. The van der Waals surface area contributed by atoms with Crippen LogP contribution in [0.5, 0.6) is 11.5 Å². The Morgan fingerprint density at radius 2 is 1.96 bits per heavy atom. The van der Waals surface area contributed by atoms with Crippen molar-refractivity contribution in [1.82, 2.24) is 10.1 Å². The van der Waals surface area contributed by atoms with E-state index in [0.717, 1.165) is 12.1 Å². The van der Waals surface area contributed by atoms with Crippen LogP contribution in [0.3, 0.4) is 0 Å². The number of carbonyl (C=O) groups excluding carboxylic acids is 1. The average Bonchev–Trinajstić information content (AvgIpc) is 2.94. The van der Waals surface area contributed by atoms with E-state index in [-0.39, 0.29) is 11.3 Å². The number of alkyl halides is 5. The Morgan fingerprint density at radius 1 is 1.29 bits per heavy atom. The SMILES string of the molecule is COc1ccc(C(=O)Nc2nc(C(F)(F)C(F)(F)F)no2)c(O)c1. The molecule has 130 valence electrons. The Labute approximate surface area is 130 Å². The van der Waals surface area contributed by atoms with Gasteiger partial charge in [-0.1, -0.05) is 5.16 Å². The molecule has 0 radical (unpaired) electrons. The largest absolute Gasteiger partial charge is 0.507 e. The molecule has 0 aliphatic carbocycles. The summed E-state index contributed by atoms with van der Waals surface area (Å²) in [5.41, 5.74) is -0.321. The van der Waals surface area contributed by atoms with E-state index >= 15 is 0 Å². The van der Waals surface area contributed by atoms with Gasteiger partial charge < -0.3 is 14.4 Å². The lowest BCUT2D eigenvalue weighted by Gasteiger charge is -2.14. The van der Waals surface area contributed by atoms with Gasteiger partial charge in [-0.15, -0.1) is 0 Å². The third-order valence-corrected chi connectivity index (χ3v) is 2.73. The number of anilines is 1. The molecule has 0 aliphatic rings. The fourth-order valence-electron chi connectivity index (χ4n) is 1.52. The molecule has 1 heterocycles. The molecule has 0 atom stereocenters. The van der Waals surface area contributed by atoms with Crippen molar-refractivity contribution in [2.45, 2.75) is 12.1 Å². The Bertz CT molecular complexity index is 759. The molecule has 2 aromatic rings. The van der Waals surface area contributed by atoms with Crippen LogP contribution in [0.4, 0.5) is 28.0 Å². The number of aromatic hydroxyl groups is 1. The first-order valence-electron chi connectivity index (χ1n) is 6.03. The van der Waals surface area contributed by atoms with Crippen molar-refractivity contribution in [3.63, 3.8) is 0 Å². The van der Waals surface area contributed by atoms with Crippen LogP contribution in [0.25, 0.3) is 0 Å². The maximum atomic E-state index is 13.0. The molecule has 0 aliphatic heterocycles. The number of nitrogens with zero attached hydrogens (tertiary/aromatic N) is 2. The number of hydrogen-bond acceptors (Lipinski definition) is 6. The van der Waals surface area contributed by atoms with Gasteiger partial charge in [-0.05, 0) is 12.1 Å². The second kappa shape index (κ2) is 5.94. The highest BCUT2D eigenvalue weighted by atomic mass is 19.4. The van der Waals surface area contributed by atoms with Gasteiger partial charge in [-0.25, -0.2) is 0 Å². The van der Waals surface area contributed by atoms with E-state index < -0.39 is 35.6 Å². The molecule has 1 aromatic carbocycles. The van der Waals surface area contributed by atoms with Gasteiger partial charge in [0.1, 0.15) is 11.5 Å². The molecule has 1 amide bonds. The van der Waals surface area contributed by atoms with Gasteiger partial charge in [-0.3, -0.25) is 10.1 Å². The van der Waals surface area contributed by atoms with Gasteiger partial charge in [0.15, 0.2) is 0 Å². The Hall–Kier alpha value is -2.92. The molecule has 2 N–H and O–H groups in total. The van der Waals surface area contributed by atoms with Gasteiger partial charge >= 0.3 is 18.1 Å². The second-order valence-corrected chi connectivity index (χ2v) is 4.33. The Balaban J connectivity index is 2.20. The molecule has 0 spiro atoms. The van der Waals surface area contributed by atoms with E-state index in [0.29, 0.717) is 0 Å². The minimum absolute atomic E-state index is 0.231. The van der Waals surface area contributed by atoms with Gasteiger partial charge in [0.2, 0.25) is 0 Å². The van der Waals surface area contributed by atoms with E-state index in [1.165, 1.54) is 13.2 Å². The van der Waals surface area contributed by atoms with Crippen molar-refractivity contribution in [2.75, 3.05) is 12.4 Å². The quantitative estimate of drug-likeness (QED) is 0.821. The van der Waals surface area contributed by atoms with Crippen molar-refractivity contribution in [2.24, 2.45) is 0 Å². The fraction of sp³-hybridized carbons (Fsp3) is 0.250. The maximum absolute atomic E-state index is 13.0. The number of nitrogens with one attached hydrogen (secondary N) is 1. The number of rotatable bonds is 4. The normalized spacial score (nSPS) is 12.1. The van der Waals surface area contributed by atoms with E-state index in [4.69, 9.17) is 4.74 Å². The van der Waals surface area contributed by atoms with Gasteiger partial charge in [-0.2, -0.15) is 26.9 Å². The number of phenolic OH excluding ortho intramolecular Hbond substituents is 1. The zero-order valence-electron chi connectivity index (χ0n) is 11.7. The first-order chi connectivity index (χ1) is 11.1. The maximum Gasteiger partial charge on any atom is 0.461 e. The minimum Gasteiger partial charge on any atom is -0.507 e. The average molecular weight is 353 g/mol. The van der Waals surface area contributed by atoms with Crippen LogP contribution < -0.4 is 10.1 Å². The summed E-state index contributed by atoms with van der Waals surface area (Å²) in [5.74, 6) is -8.66. The highest BCUT2D eigenvalue weighted by Crippen LogP contribution is 2.42. The van der Waals surface area contributed by atoms with Crippen LogP contribution in [-0.2, 0) is 5.92 Å². The number of methoxy groups -OCH3 is 1. The summed E-state index contributed by atoms with van der Waals surface area (Å²) in [6.45, 7) is 0. The predicted molar refractivity (Wildman–Crippen MR) is 66.9 cm³/mol. The van der Waals surface area contributed by atoms with Crippen LogP contribution in [-0.4, -0.2) is 34.4 Å². The zero-order chi connectivity index (χ0) is 18.1. The smallest absolute Gasteiger partial charge is 0.461 e. The highest BCUT2D eigenvalue weighted by Gasteiger charge is 2.62. The second-order valence-electron chi connectivity index (χ2n) is 4.33. The molecule has 12 heteroatoms. The van der Waals surface area contributed by atoms with E-state index in [1.807, 2.05) is 0 Å². The van der Waals surface area contributed by atoms with E-state index in [2.05, 4.69) is 14.7 Å². The van der Waals surface area contributed by atoms with Gasteiger partial charge in [0, 0.05) is 6.07 Å². The molecule has 0 unspecified atom stereocenters. The van der Waals surface area contributed by atoms with Crippen LogP contribution in [0.1, 0.15) is 16.2 Å². The van der Waals surface area contributed by atoms with Crippen LogP contribution in [0.2, 0.25) is 0 Å². The number of halogens is 5. The summed E-state index contributed by atoms with van der Waals surface area (Å²) in [5, 5.41) is 13.9. The summed E-state index contributed by atoms with van der Waals surface area (Å²) in [6.07, 6.45) is -5.92. The van der Waals surface area contributed by atoms with Crippen LogP contribution >= 0.6 is 0 Å². The van der Waals surface area contributed by atoms with E-state index in [1.54, 1.807) is 5.32 Å². The van der Waals surface area contributed by atoms with E-state index in [9.17, 15) is 31.9 Å². The van der Waals surface area contributed by atoms with Gasteiger partial charge in [0.25, 0.3) is 11.7 Å². The Kier molecular flexibility index (Phi) is 4.32. The highest BCUT2D eigenvalue weighted by molar-refractivity contribution is 6.05. The van der Waals surface area contributed by atoms with Crippen molar-refractivity contribution in [3.05, 3.63) is 29.6 Å². The van der Waals surface area contributed by atoms with Crippen molar-refractivity contribution in [1.29, 1.82) is 0 Å². The number of benzene rings is 1. The van der Waals surface area contributed by atoms with Gasteiger partial charge in [0.05, 0.1) is 12.7 Å². The van der Waals surface area contributed by atoms with Crippen LogP contribution in [0.15, 0.2) is 22.7 Å². The third-order valence-electron chi connectivity index (χ3n) is 2.73. The Morgan fingerprint density at radius 3 is 2.50 bits per heavy atom. The molecule has 0 bridgehead atoms. The summed E-state index contributed by atoms with van der Waals surface area (Å²) >= 11 is 0. The van der Waals surface area contributed by atoms with Crippen molar-refractivity contribution < 1.29 is 41.1 Å². The number of aromatic nitrogens is 2. The topological polar surface area (TPSA) is 97.5 Å². The first kappa shape index (κ1) is 17.4. The minimum atomic E-state index is -5.92. The monoisotopic (exact) mass is 353 g/mol. The number of ether oxygens (including phenoxy) is 1. The predicted octanol–water partition coefficient (Wildman–Crippen LogP) is 2.69. The number of phenols is 1. The summed E-state index contributed by atoms with van der Waals surface area (Å²) in [6, 6.07) is 2.54. The van der Waals surface area contributed by atoms with Crippen LogP contribution in [0, 0.1) is 0 Å². The number of amides is 1. The lowest BCUT2D eigenvalue weighted by molar-refractivity contribution is -0.293. The molecule has 1 aromatic heterocycles. The molecule has 0 saturated carbocycles. The first-order valence-corrected chi connectivity index (χ1v) is 6.03. The fourth-order valence-corrected chi connectivity index (χ4v) is 1.52. The zero-order valence-corrected chi connectivity index (χ0v) is 11.7. The number of hydrogen-bond donors (Lipinski definition) is 2. The molecular weight excluding hydrogens is 345 g/mol. The summed E-state index contributed by atoms with van der Waals surface area (Å²) < 4.78 is 71.5. The van der Waals surface area contributed by atoms with Crippen molar-refractivity contribution >= 4 is 11.9 Å². The molecule has 0 saturated heterocycles. The lowest BCUT2D eigenvalue weighted by atomic mass is 10.2. The van der Waals surface area contributed by atoms with Crippen molar-refractivity contribution in [3.8, 4) is 11.5 Å². The molecule has 2 rings (SSSR count). The standard InChI is InChI=1S/C12H8F5N3O4/c1-23-5-2-3-6(7(21)4-5)8(22)18-10-19-9(20-24-10)11(13,14)12(15,16)17/h2-4,21H,1H3,(H,18,19,20,22). The summed E-state index contributed by atoms with van der Waals surface area (Å²) in [7, 11) is 1.31.